The third kappa shape index (κ3) is 3.60. The molecule has 1 aromatic rings. The largest absolute Gasteiger partial charge is 0.370 e. The van der Waals surface area contributed by atoms with Gasteiger partial charge in [-0.2, -0.15) is 0 Å². The molecule has 0 bridgehead atoms. The zero-order chi connectivity index (χ0) is 12.8. The lowest BCUT2D eigenvalue weighted by Gasteiger charge is -2.34. The highest BCUT2D eigenvalue weighted by Crippen LogP contribution is 2.04. The Morgan fingerprint density at radius 1 is 1.17 bits per heavy atom. The maximum Gasteiger partial charge on any atom is 0.188 e. The van der Waals surface area contributed by atoms with Gasteiger partial charge < -0.3 is 10.6 Å². The van der Waals surface area contributed by atoms with Gasteiger partial charge in [0.1, 0.15) is 0 Å². The van der Waals surface area contributed by atoms with Gasteiger partial charge in [0, 0.05) is 32.7 Å². The monoisotopic (exact) mass is 244 g/mol. The quantitative estimate of drug-likeness (QED) is 0.621. The summed E-state index contributed by atoms with van der Waals surface area (Å²) in [5, 5.41) is 7.38. The molecule has 1 aromatic carbocycles. The minimum absolute atomic E-state index is 0.189. The summed E-state index contributed by atoms with van der Waals surface area (Å²) in [6, 6.07) is 10.3. The molecule has 0 saturated carbocycles. The number of hydrogen-bond acceptors (Lipinski definition) is 2. The van der Waals surface area contributed by atoms with Gasteiger partial charge in [-0.3, -0.25) is 10.3 Å². The second-order valence-corrected chi connectivity index (χ2v) is 4.49. The first-order chi connectivity index (χ1) is 8.75. The van der Waals surface area contributed by atoms with Crippen molar-refractivity contribution in [1.82, 2.24) is 9.80 Å². The van der Waals surface area contributed by atoms with E-state index in [4.69, 9.17) is 11.1 Å². The molecule has 4 nitrogen and oxygen atoms in total. The molecule has 0 aliphatic carbocycles. The summed E-state index contributed by atoms with van der Waals surface area (Å²) in [5.74, 6) is 0.189. The summed E-state index contributed by atoms with van der Waals surface area (Å²) in [4.78, 5) is 4.29. The molecular weight excluding hydrogens is 224 g/mol. The Bertz CT molecular complexity index is 405. The van der Waals surface area contributed by atoms with E-state index in [1.54, 1.807) is 0 Å². The van der Waals surface area contributed by atoms with Crippen molar-refractivity contribution in [3.63, 3.8) is 0 Å². The molecular formula is C14H20N4. The van der Waals surface area contributed by atoms with E-state index in [-0.39, 0.29) is 5.96 Å². The lowest BCUT2D eigenvalue weighted by atomic mass is 10.2. The molecule has 0 unspecified atom stereocenters. The standard InChI is InChI=1S/C14H20N4/c15-14(16)18-11-9-17(10-12-18)8-4-7-13-5-2-1-3-6-13/h1-7H,8-12H2,(H3,15,16)/b7-4+. The van der Waals surface area contributed by atoms with Crippen LogP contribution in [0, 0.1) is 5.41 Å². The van der Waals surface area contributed by atoms with Crippen molar-refractivity contribution >= 4 is 12.0 Å². The van der Waals surface area contributed by atoms with E-state index in [1.165, 1.54) is 5.56 Å². The molecule has 2 rings (SSSR count). The first-order valence-corrected chi connectivity index (χ1v) is 6.28. The lowest BCUT2D eigenvalue weighted by molar-refractivity contribution is 0.196. The van der Waals surface area contributed by atoms with E-state index in [0.29, 0.717) is 0 Å². The van der Waals surface area contributed by atoms with Crippen molar-refractivity contribution in [3.05, 3.63) is 42.0 Å². The Hall–Kier alpha value is -1.81. The van der Waals surface area contributed by atoms with Crippen molar-refractivity contribution in [2.45, 2.75) is 0 Å². The summed E-state index contributed by atoms with van der Waals surface area (Å²) in [6.07, 6.45) is 4.34. The van der Waals surface area contributed by atoms with E-state index >= 15 is 0 Å². The molecule has 1 heterocycles. The third-order valence-electron chi connectivity index (χ3n) is 3.19. The van der Waals surface area contributed by atoms with Gasteiger partial charge in [0.2, 0.25) is 0 Å². The van der Waals surface area contributed by atoms with E-state index in [1.807, 2.05) is 23.1 Å². The van der Waals surface area contributed by atoms with Crippen LogP contribution in [0.4, 0.5) is 0 Å². The Morgan fingerprint density at radius 2 is 1.83 bits per heavy atom. The van der Waals surface area contributed by atoms with Crippen molar-refractivity contribution in [3.8, 4) is 0 Å². The van der Waals surface area contributed by atoms with Crippen LogP contribution in [0.5, 0.6) is 0 Å². The highest BCUT2D eigenvalue weighted by Gasteiger charge is 2.15. The minimum Gasteiger partial charge on any atom is -0.370 e. The van der Waals surface area contributed by atoms with Gasteiger partial charge in [-0.05, 0) is 5.56 Å². The molecule has 0 aromatic heterocycles. The topological polar surface area (TPSA) is 56.4 Å². The van der Waals surface area contributed by atoms with Crippen LogP contribution in [-0.2, 0) is 0 Å². The van der Waals surface area contributed by atoms with Crippen LogP contribution < -0.4 is 5.73 Å². The molecule has 1 saturated heterocycles. The predicted octanol–water partition coefficient (Wildman–Crippen LogP) is 1.21. The highest BCUT2D eigenvalue weighted by atomic mass is 15.3. The molecule has 0 atom stereocenters. The molecule has 0 spiro atoms. The van der Waals surface area contributed by atoms with Crippen molar-refractivity contribution in [2.75, 3.05) is 32.7 Å². The van der Waals surface area contributed by atoms with Gasteiger partial charge in [-0.15, -0.1) is 0 Å². The fraction of sp³-hybridized carbons (Fsp3) is 0.357. The number of benzene rings is 1. The molecule has 0 radical (unpaired) electrons. The summed E-state index contributed by atoms with van der Waals surface area (Å²) < 4.78 is 0. The molecule has 0 amide bonds. The highest BCUT2D eigenvalue weighted by molar-refractivity contribution is 5.74. The molecule has 18 heavy (non-hydrogen) atoms. The Labute approximate surface area is 108 Å². The number of piperazine rings is 1. The number of guanidine groups is 1. The normalized spacial score (nSPS) is 17.2. The number of nitrogens with zero attached hydrogens (tertiary/aromatic N) is 2. The van der Waals surface area contributed by atoms with E-state index in [9.17, 15) is 0 Å². The number of nitrogens with one attached hydrogen (secondary N) is 1. The molecule has 1 fully saturated rings. The van der Waals surface area contributed by atoms with Gasteiger partial charge in [-0.25, -0.2) is 0 Å². The predicted molar refractivity (Wildman–Crippen MR) is 75.4 cm³/mol. The first-order valence-electron chi connectivity index (χ1n) is 6.28. The Balaban J connectivity index is 1.76. The smallest absolute Gasteiger partial charge is 0.188 e. The van der Waals surface area contributed by atoms with Gasteiger partial charge >= 0.3 is 0 Å². The van der Waals surface area contributed by atoms with E-state index < -0.39 is 0 Å². The molecule has 96 valence electrons. The van der Waals surface area contributed by atoms with Crippen molar-refractivity contribution in [2.24, 2.45) is 5.73 Å². The van der Waals surface area contributed by atoms with Crippen LogP contribution in [0.15, 0.2) is 36.4 Å². The minimum atomic E-state index is 0.189. The third-order valence-corrected chi connectivity index (χ3v) is 3.19. The van der Waals surface area contributed by atoms with Crippen molar-refractivity contribution in [1.29, 1.82) is 5.41 Å². The Morgan fingerprint density at radius 3 is 2.44 bits per heavy atom. The molecule has 4 heteroatoms. The van der Waals surface area contributed by atoms with E-state index in [2.05, 4.69) is 29.2 Å². The molecule has 1 aliphatic heterocycles. The maximum absolute atomic E-state index is 7.38. The zero-order valence-electron chi connectivity index (χ0n) is 10.5. The first kappa shape index (κ1) is 12.6. The van der Waals surface area contributed by atoms with Crippen LogP contribution in [0.1, 0.15) is 5.56 Å². The number of hydrogen-bond donors (Lipinski definition) is 2. The second-order valence-electron chi connectivity index (χ2n) is 4.49. The Kier molecular flexibility index (Phi) is 4.36. The summed E-state index contributed by atoms with van der Waals surface area (Å²) in [6.45, 7) is 4.61. The summed E-state index contributed by atoms with van der Waals surface area (Å²) in [7, 11) is 0. The van der Waals surface area contributed by atoms with Gasteiger partial charge in [0.15, 0.2) is 5.96 Å². The van der Waals surface area contributed by atoms with Crippen LogP contribution >= 0.6 is 0 Å². The average Bonchev–Trinajstić information content (AvgIpc) is 2.40. The SMILES string of the molecule is N=C(N)N1CCN(C/C=C/c2ccccc2)CC1. The number of nitrogens with two attached hydrogens (primary N) is 1. The maximum atomic E-state index is 7.38. The van der Waals surface area contributed by atoms with Crippen molar-refractivity contribution < 1.29 is 0 Å². The van der Waals surface area contributed by atoms with Gasteiger partial charge in [0.25, 0.3) is 0 Å². The van der Waals surface area contributed by atoms with Crippen LogP contribution in [0.25, 0.3) is 6.08 Å². The molecule has 1 aliphatic rings. The number of rotatable bonds is 3. The van der Waals surface area contributed by atoms with Gasteiger partial charge in [0.05, 0.1) is 0 Å². The fourth-order valence-corrected chi connectivity index (χ4v) is 2.07. The van der Waals surface area contributed by atoms with Gasteiger partial charge in [-0.1, -0.05) is 42.5 Å². The van der Waals surface area contributed by atoms with Crippen LogP contribution in [-0.4, -0.2) is 48.5 Å². The fourth-order valence-electron chi connectivity index (χ4n) is 2.07. The summed E-state index contributed by atoms with van der Waals surface area (Å²) in [5.41, 5.74) is 6.70. The zero-order valence-corrected chi connectivity index (χ0v) is 10.5. The molecule has 3 N–H and O–H groups in total. The second kappa shape index (κ2) is 6.21. The summed E-state index contributed by atoms with van der Waals surface area (Å²) >= 11 is 0. The lowest BCUT2D eigenvalue weighted by Crippen LogP contribution is -2.50. The van der Waals surface area contributed by atoms with Crippen LogP contribution in [0.3, 0.4) is 0 Å². The van der Waals surface area contributed by atoms with E-state index in [0.717, 1.165) is 32.7 Å². The average molecular weight is 244 g/mol. The van der Waals surface area contributed by atoms with Crippen LogP contribution in [0.2, 0.25) is 0 Å².